The van der Waals surface area contributed by atoms with Gasteiger partial charge in [0, 0.05) is 5.56 Å². The van der Waals surface area contributed by atoms with Gasteiger partial charge in [0.1, 0.15) is 16.7 Å². The summed E-state index contributed by atoms with van der Waals surface area (Å²) in [6.07, 6.45) is 0. The van der Waals surface area contributed by atoms with E-state index in [-0.39, 0.29) is 11.9 Å². The number of hydrogen-bond donors (Lipinski definition) is 2. The van der Waals surface area contributed by atoms with Crippen LogP contribution < -0.4 is 20.2 Å². The molecule has 0 unspecified atom stereocenters. The molecule has 0 bridgehead atoms. The van der Waals surface area contributed by atoms with Crippen molar-refractivity contribution in [2.45, 2.75) is 23.4 Å². The lowest BCUT2D eigenvalue weighted by molar-refractivity contribution is -0.116. The zero-order valence-corrected chi connectivity index (χ0v) is 20.2. The number of amides is 1. The zero-order chi connectivity index (χ0) is 24.2. The Morgan fingerprint density at radius 2 is 1.77 bits per heavy atom. The molecule has 35 heavy (non-hydrogen) atoms. The predicted octanol–water partition coefficient (Wildman–Crippen LogP) is 4.75. The number of rotatable bonds is 7. The third-order valence-corrected chi connectivity index (χ3v) is 6.86. The van der Waals surface area contributed by atoms with E-state index >= 15 is 0 Å². The van der Waals surface area contributed by atoms with Gasteiger partial charge in [-0.1, -0.05) is 66.4 Å². The quantitative estimate of drug-likeness (QED) is 0.389. The van der Waals surface area contributed by atoms with Gasteiger partial charge in [0.25, 0.3) is 0 Å². The Bertz CT molecular complexity index is 1310. The Balaban J connectivity index is 1.50. The number of carbonyl (C=O) groups excluding carboxylic acids is 1. The minimum absolute atomic E-state index is 0.165. The molecule has 2 N–H and O–H groups in total. The maximum Gasteiger partial charge on any atom is 0.240 e. The maximum atomic E-state index is 13.6. The van der Waals surface area contributed by atoms with Gasteiger partial charge >= 0.3 is 0 Å². The van der Waals surface area contributed by atoms with Crippen LogP contribution >= 0.6 is 11.8 Å². The van der Waals surface area contributed by atoms with E-state index in [1.807, 2.05) is 90.5 Å². The smallest absolute Gasteiger partial charge is 0.240 e. The summed E-state index contributed by atoms with van der Waals surface area (Å²) in [4.78, 5) is 13.6. The standard InChI is InChI=1S/C26H25N5O3S/c1-3-34-19-15-13-17(14-16-19)22-23(25(32)27-20-11-7-8-12-21(20)33-2)35-26-29-28-24(31(26)30-22)18-9-5-4-6-10-18/h4-16,22-23,30H,3H2,1-2H3,(H,27,32)/t22-,23-/m0/s1. The van der Waals surface area contributed by atoms with Crippen LogP contribution in [-0.2, 0) is 4.79 Å². The Morgan fingerprint density at radius 3 is 2.51 bits per heavy atom. The van der Waals surface area contributed by atoms with E-state index in [2.05, 4.69) is 20.9 Å². The largest absolute Gasteiger partial charge is 0.495 e. The van der Waals surface area contributed by atoms with Crippen molar-refractivity contribution in [1.82, 2.24) is 14.9 Å². The van der Waals surface area contributed by atoms with Gasteiger partial charge < -0.3 is 20.2 Å². The fourth-order valence-corrected chi connectivity index (χ4v) is 5.05. The molecule has 8 nitrogen and oxygen atoms in total. The number of anilines is 1. The van der Waals surface area contributed by atoms with Gasteiger partial charge in [-0.15, -0.1) is 10.2 Å². The Hall–Kier alpha value is -3.98. The second-order valence-corrected chi connectivity index (χ2v) is 8.95. The van der Waals surface area contributed by atoms with Crippen LogP contribution in [0.1, 0.15) is 18.5 Å². The number of ether oxygens (including phenoxy) is 2. The number of carbonyl (C=O) groups is 1. The van der Waals surface area contributed by atoms with Gasteiger partial charge in [-0.25, -0.2) is 4.68 Å². The van der Waals surface area contributed by atoms with Gasteiger partial charge in [-0.2, -0.15) is 0 Å². The number of fused-ring (bicyclic) bond motifs is 1. The van der Waals surface area contributed by atoms with E-state index in [4.69, 9.17) is 9.47 Å². The molecule has 4 aromatic rings. The number of aromatic nitrogens is 3. The third-order valence-electron chi connectivity index (χ3n) is 5.64. The summed E-state index contributed by atoms with van der Waals surface area (Å²) in [7, 11) is 1.58. The number of nitrogens with one attached hydrogen (secondary N) is 2. The number of methoxy groups -OCH3 is 1. The molecule has 1 amide bonds. The SMILES string of the molecule is CCOc1ccc([C@@H]2Nn3c(nnc3-c3ccccc3)S[C@@H]2C(=O)Nc2ccccc2OC)cc1. The highest BCUT2D eigenvalue weighted by atomic mass is 32.2. The van der Waals surface area contributed by atoms with Crippen molar-refractivity contribution in [3.8, 4) is 22.9 Å². The molecule has 1 aromatic heterocycles. The van der Waals surface area contributed by atoms with E-state index in [1.165, 1.54) is 11.8 Å². The van der Waals surface area contributed by atoms with Crippen LogP contribution in [0, 0.1) is 0 Å². The molecule has 9 heteroatoms. The number of hydrogen-bond acceptors (Lipinski definition) is 7. The summed E-state index contributed by atoms with van der Waals surface area (Å²) in [5, 5.41) is 11.9. The first kappa shape index (κ1) is 22.8. The molecular weight excluding hydrogens is 462 g/mol. The van der Waals surface area contributed by atoms with E-state index in [0.29, 0.717) is 29.0 Å². The van der Waals surface area contributed by atoms with Crippen molar-refractivity contribution in [1.29, 1.82) is 0 Å². The number of para-hydroxylation sites is 2. The number of nitrogens with zero attached hydrogens (tertiary/aromatic N) is 3. The molecule has 5 rings (SSSR count). The van der Waals surface area contributed by atoms with E-state index in [0.717, 1.165) is 16.9 Å². The minimum atomic E-state index is -0.516. The Labute approximate surface area is 207 Å². The third kappa shape index (κ3) is 4.67. The van der Waals surface area contributed by atoms with E-state index in [1.54, 1.807) is 7.11 Å². The summed E-state index contributed by atoms with van der Waals surface area (Å²) < 4.78 is 12.9. The average Bonchev–Trinajstić information content (AvgIpc) is 3.32. The monoisotopic (exact) mass is 487 g/mol. The van der Waals surface area contributed by atoms with Crippen LogP contribution in [0.5, 0.6) is 11.5 Å². The van der Waals surface area contributed by atoms with Gasteiger partial charge in [0.2, 0.25) is 11.1 Å². The lowest BCUT2D eigenvalue weighted by atomic mass is 10.0. The first-order chi connectivity index (χ1) is 17.2. The fraction of sp³-hybridized carbons (Fsp3) is 0.192. The molecular formula is C26H25N5O3S. The second-order valence-electron chi connectivity index (χ2n) is 7.84. The van der Waals surface area contributed by atoms with E-state index in [9.17, 15) is 4.79 Å². The normalized spacial score (nSPS) is 16.6. The van der Waals surface area contributed by atoms with E-state index < -0.39 is 5.25 Å². The van der Waals surface area contributed by atoms with Gasteiger partial charge in [0.05, 0.1) is 25.4 Å². The molecule has 2 heterocycles. The predicted molar refractivity (Wildman–Crippen MR) is 136 cm³/mol. The van der Waals surface area contributed by atoms with Gasteiger partial charge in [-0.3, -0.25) is 4.79 Å². The molecule has 0 saturated heterocycles. The molecule has 0 spiro atoms. The molecule has 3 aromatic carbocycles. The highest BCUT2D eigenvalue weighted by molar-refractivity contribution is 8.00. The van der Waals surface area contributed by atoms with Crippen LogP contribution in [0.15, 0.2) is 84.0 Å². The lowest BCUT2D eigenvalue weighted by Crippen LogP contribution is -2.41. The van der Waals surface area contributed by atoms with Crippen molar-refractivity contribution < 1.29 is 14.3 Å². The number of thioether (sulfide) groups is 1. The summed E-state index contributed by atoms with van der Waals surface area (Å²) >= 11 is 1.37. The molecule has 0 radical (unpaired) electrons. The summed E-state index contributed by atoms with van der Waals surface area (Å²) in [5.41, 5.74) is 5.99. The van der Waals surface area contributed by atoms with Crippen molar-refractivity contribution in [3.05, 3.63) is 84.4 Å². The molecule has 2 atom stereocenters. The molecule has 0 aliphatic carbocycles. The Kier molecular flexibility index (Phi) is 6.58. The topological polar surface area (TPSA) is 90.3 Å². The fourth-order valence-electron chi connectivity index (χ4n) is 3.97. The molecule has 178 valence electrons. The second kappa shape index (κ2) is 10.1. The summed E-state index contributed by atoms with van der Waals surface area (Å²) in [6.45, 7) is 2.54. The summed E-state index contributed by atoms with van der Waals surface area (Å²) in [6, 6.07) is 24.6. The Morgan fingerprint density at radius 1 is 1.03 bits per heavy atom. The molecule has 0 fully saturated rings. The van der Waals surface area contributed by atoms with Crippen molar-refractivity contribution >= 4 is 23.4 Å². The van der Waals surface area contributed by atoms with Crippen molar-refractivity contribution in [2.75, 3.05) is 24.5 Å². The zero-order valence-electron chi connectivity index (χ0n) is 19.3. The number of benzene rings is 3. The van der Waals surface area contributed by atoms with Crippen LogP contribution in [0.3, 0.4) is 0 Å². The van der Waals surface area contributed by atoms with Crippen LogP contribution in [-0.4, -0.2) is 39.7 Å². The average molecular weight is 488 g/mol. The first-order valence-electron chi connectivity index (χ1n) is 11.3. The van der Waals surface area contributed by atoms with Gasteiger partial charge in [-0.05, 0) is 36.8 Å². The lowest BCUT2D eigenvalue weighted by Gasteiger charge is -2.33. The maximum absolute atomic E-state index is 13.6. The summed E-state index contributed by atoms with van der Waals surface area (Å²) in [5.74, 6) is 1.90. The van der Waals surface area contributed by atoms with Crippen LogP contribution in [0.4, 0.5) is 5.69 Å². The van der Waals surface area contributed by atoms with Crippen molar-refractivity contribution in [3.63, 3.8) is 0 Å². The first-order valence-corrected chi connectivity index (χ1v) is 12.2. The highest BCUT2D eigenvalue weighted by Crippen LogP contribution is 2.39. The minimum Gasteiger partial charge on any atom is -0.495 e. The van der Waals surface area contributed by atoms with Crippen molar-refractivity contribution in [2.24, 2.45) is 0 Å². The molecule has 1 aliphatic heterocycles. The highest BCUT2D eigenvalue weighted by Gasteiger charge is 2.38. The van der Waals surface area contributed by atoms with Gasteiger partial charge in [0.15, 0.2) is 5.82 Å². The van der Waals surface area contributed by atoms with Crippen LogP contribution in [0.2, 0.25) is 0 Å². The molecule has 0 saturated carbocycles. The van der Waals surface area contributed by atoms with Crippen LogP contribution in [0.25, 0.3) is 11.4 Å². The molecule has 1 aliphatic rings.